The molecule has 3 rings (SSSR count). The van der Waals surface area contributed by atoms with Gasteiger partial charge >= 0.3 is 0 Å². The van der Waals surface area contributed by atoms with Crippen molar-refractivity contribution >= 4 is 5.78 Å². The van der Waals surface area contributed by atoms with Crippen molar-refractivity contribution in [3.63, 3.8) is 0 Å². The fourth-order valence-electron chi connectivity index (χ4n) is 3.40. The Morgan fingerprint density at radius 2 is 1.77 bits per heavy atom. The Balaban J connectivity index is 1.62. The number of alkyl halides is 2. The lowest BCUT2D eigenvalue weighted by atomic mass is 9.88. The van der Waals surface area contributed by atoms with Gasteiger partial charge in [-0.25, -0.2) is 13.2 Å². The molecule has 0 aromatic heterocycles. The molecule has 26 heavy (non-hydrogen) atoms. The molecule has 0 bridgehead atoms. The predicted octanol–water partition coefficient (Wildman–Crippen LogP) is 5.03. The number of carbonyl (C=O) groups excluding carboxylic acids is 1. The maximum absolute atomic E-state index is 14.2. The van der Waals surface area contributed by atoms with Crippen LogP contribution in [-0.2, 0) is 12.5 Å². The normalized spacial score (nSPS) is 16.6. The van der Waals surface area contributed by atoms with Gasteiger partial charge in [-0.2, -0.15) is 0 Å². The van der Waals surface area contributed by atoms with Gasteiger partial charge in [-0.05, 0) is 43.6 Å². The van der Waals surface area contributed by atoms with Crippen molar-refractivity contribution in [2.24, 2.45) is 5.92 Å². The van der Waals surface area contributed by atoms with Crippen molar-refractivity contribution in [3.8, 4) is 0 Å². The molecule has 0 atom stereocenters. The number of carbonyl (C=O) groups is 1. The minimum absolute atomic E-state index is 0.0838. The van der Waals surface area contributed by atoms with Crippen LogP contribution in [0, 0.1) is 11.7 Å². The molecule has 0 unspecified atom stereocenters. The highest BCUT2D eigenvalue weighted by Crippen LogP contribution is 2.30. The van der Waals surface area contributed by atoms with Crippen molar-refractivity contribution in [3.05, 3.63) is 71.0 Å². The van der Waals surface area contributed by atoms with Crippen LogP contribution in [0.2, 0.25) is 0 Å². The molecule has 1 fully saturated rings. The largest absolute Gasteiger partial charge is 0.299 e. The first-order valence-electron chi connectivity index (χ1n) is 8.83. The number of hydrogen-bond acceptors (Lipinski definition) is 2. The number of likely N-dealkylation sites (tertiary alicyclic amines) is 1. The first kappa shape index (κ1) is 18.6. The van der Waals surface area contributed by atoms with Gasteiger partial charge in [0, 0.05) is 24.9 Å². The number of Topliss-reactive ketones (excluding diaryl/α,β-unsaturated/α-hetero) is 1. The molecule has 5 heteroatoms. The number of rotatable bonds is 5. The van der Waals surface area contributed by atoms with Gasteiger partial charge < -0.3 is 0 Å². The quantitative estimate of drug-likeness (QED) is 0.696. The number of ketones is 1. The van der Waals surface area contributed by atoms with Crippen LogP contribution in [-0.4, -0.2) is 23.8 Å². The highest BCUT2D eigenvalue weighted by atomic mass is 19.3. The summed E-state index contributed by atoms with van der Waals surface area (Å²) in [7, 11) is 0. The molecule has 0 amide bonds. The predicted molar refractivity (Wildman–Crippen MR) is 94.7 cm³/mol. The molecule has 1 aliphatic rings. The Hall–Kier alpha value is -2.14. The number of halogens is 3. The summed E-state index contributed by atoms with van der Waals surface area (Å²) in [5.74, 6) is -4.52. The number of piperidine rings is 1. The summed E-state index contributed by atoms with van der Waals surface area (Å²) in [6, 6.07) is 13.2. The van der Waals surface area contributed by atoms with Gasteiger partial charge in [0.1, 0.15) is 5.82 Å². The van der Waals surface area contributed by atoms with E-state index in [1.54, 1.807) is 0 Å². The Labute approximate surface area is 151 Å². The number of hydrogen-bond donors (Lipinski definition) is 0. The summed E-state index contributed by atoms with van der Waals surface area (Å²) in [5.41, 5.74) is 0.725. The van der Waals surface area contributed by atoms with Crippen LogP contribution < -0.4 is 0 Å². The minimum atomic E-state index is -3.12. The molecule has 0 N–H and O–H groups in total. The van der Waals surface area contributed by atoms with Gasteiger partial charge in [0.15, 0.2) is 5.78 Å². The molecule has 0 radical (unpaired) electrons. The SMILES string of the molecule is CC(F)(F)c1ccc(C(=O)C2CCN(Cc3ccccc3)CC2)c(F)c1. The molecule has 138 valence electrons. The molecule has 2 aromatic carbocycles. The van der Waals surface area contributed by atoms with E-state index in [1.807, 2.05) is 18.2 Å². The van der Waals surface area contributed by atoms with Crippen LogP contribution in [0.4, 0.5) is 13.2 Å². The summed E-state index contributed by atoms with van der Waals surface area (Å²) < 4.78 is 40.8. The molecule has 1 saturated heterocycles. The monoisotopic (exact) mass is 361 g/mol. The van der Waals surface area contributed by atoms with Crippen LogP contribution >= 0.6 is 0 Å². The lowest BCUT2D eigenvalue weighted by Crippen LogP contribution is -2.36. The standard InChI is InChI=1S/C21H22F3NO/c1-21(23,24)17-7-8-18(19(22)13-17)20(26)16-9-11-25(12-10-16)14-15-5-3-2-4-6-15/h2-8,13,16H,9-12,14H2,1H3. The van der Waals surface area contributed by atoms with Gasteiger partial charge in [0.25, 0.3) is 5.92 Å². The average Bonchev–Trinajstić information content (AvgIpc) is 2.62. The van der Waals surface area contributed by atoms with Crippen LogP contribution in [0.25, 0.3) is 0 Å². The van der Waals surface area contributed by atoms with Crippen LogP contribution in [0.1, 0.15) is 41.3 Å². The molecule has 0 spiro atoms. The smallest absolute Gasteiger partial charge is 0.270 e. The van der Waals surface area contributed by atoms with E-state index in [4.69, 9.17) is 0 Å². The second-order valence-electron chi connectivity index (χ2n) is 6.98. The third-order valence-corrected chi connectivity index (χ3v) is 4.95. The second-order valence-corrected chi connectivity index (χ2v) is 6.98. The van der Waals surface area contributed by atoms with Crippen LogP contribution in [0.15, 0.2) is 48.5 Å². The molecular weight excluding hydrogens is 339 g/mol. The highest BCUT2D eigenvalue weighted by molar-refractivity contribution is 5.98. The first-order valence-corrected chi connectivity index (χ1v) is 8.83. The molecular formula is C21H22F3NO. The van der Waals surface area contributed by atoms with Gasteiger partial charge in [-0.3, -0.25) is 9.69 Å². The molecule has 1 aliphatic heterocycles. The Kier molecular flexibility index (Phi) is 5.47. The van der Waals surface area contributed by atoms with E-state index in [0.717, 1.165) is 31.8 Å². The molecule has 0 saturated carbocycles. The van der Waals surface area contributed by atoms with Gasteiger partial charge in [0.2, 0.25) is 0 Å². The van der Waals surface area contributed by atoms with Gasteiger partial charge in [0.05, 0.1) is 5.56 Å². The maximum Gasteiger partial charge on any atom is 0.270 e. The van der Waals surface area contributed by atoms with Crippen molar-refractivity contribution in [2.45, 2.75) is 32.2 Å². The molecule has 2 nitrogen and oxygen atoms in total. The zero-order chi connectivity index (χ0) is 18.7. The van der Waals surface area contributed by atoms with Crippen molar-refractivity contribution < 1.29 is 18.0 Å². The Morgan fingerprint density at radius 1 is 1.12 bits per heavy atom. The molecule has 0 aliphatic carbocycles. The van der Waals surface area contributed by atoms with E-state index in [9.17, 15) is 18.0 Å². The van der Waals surface area contributed by atoms with Gasteiger partial charge in [-0.15, -0.1) is 0 Å². The lowest BCUT2D eigenvalue weighted by Gasteiger charge is -2.31. The summed E-state index contributed by atoms with van der Waals surface area (Å²) >= 11 is 0. The Bertz CT molecular complexity index is 763. The van der Waals surface area contributed by atoms with E-state index in [0.29, 0.717) is 19.8 Å². The fraction of sp³-hybridized carbons (Fsp3) is 0.381. The fourth-order valence-corrected chi connectivity index (χ4v) is 3.40. The van der Waals surface area contributed by atoms with E-state index in [1.165, 1.54) is 11.6 Å². The van der Waals surface area contributed by atoms with Crippen molar-refractivity contribution in [2.75, 3.05) is 13.1 Å². The van der Waals surface area contributed by atoms with E-state index >= 15 is 0 Å². The first-order chi connectivity index (χ1) is 12.3. The Morgan fingerprint density at radius 3 is 2.35 bits per heavy atom. The maximum atomic E-state index is 14.2. The van der Waals surface area contributed by atoms with Crippen LogP contribution in [0.3, 0.4) is 0 Å². The zero-order valence-corrected chi connectivity index (χ0v) is 14.7. The summed E-state index contributed by atoms with van der Waals surface area (Å²) in [6.45, 7) is 3.07. The molecule has 2 aromatic rings. The third-order valence-electron chi connectivity index (χ3n) is 4.95. The summed E-state index contributed by atoms with van der Waals surface area (Å²) in [4.78, 5) is 14.9. The zero-order valence-electron chi connectivity index (χ0n) is 14.7. The number of benzene rings is 2. The molecule has 1 heterocycles. The summed E-state index contributed by atoms with van der Waals surface area (Å²) in [6.07, 6.45) is 1.30. The third kappa shape index (κ3) is 4.33. The van der Waals surface area contributed by atoms with Gasteiger partial charge in [-0.1, -0.05) is 36.4 Å². The number of nitrogens with zero attached hydrogens (tertiary/aromatic N) is 1. The minimum Gasteiger partial charge on any atom is -0.299 e. The van der Waals surface area contributed by atoms with Crippen molar-refractivity contribution in [1.82, 2.24) is 4.90 Å². The van der Waals surface area contributed by atoms with Crippen LogP contribution in [0.5, 0.6) is 0 Å². The lowest BCUT2D eigenvalue weighted by molar-refractivity contribution is 0.0171. The van der Waals surface area contributed by atoms with E-state index in [2.05, 4.69) is 17.0 Å². The topological polar surface area (TPSA) is 20.3 Å². The van der Waals surface area contributed by atoms with E-state index in [-0.39, 0.29) is 17.3 Å². The van der Waals surface area contributed by atoms with E-state index < -0.39 is 17.3 Å². The average molecular weight is 361 g/mol. The highest BCUT2D eigenvalue weighted by Gasteiger charge is 2.30. The van der Waals surface area contributed by atoms with Crippen molar-refractivity contribution in [1.29, 1.82) is 0 Å². The second kappa shape index (κ2) is 7.62. The summed E-state index contributed by atoms with van der Waals surface area (Å²) in [5, 5.41) is 0.